The van der Waals surface area contributed by atoms with Crippen LogP contribution in [0.1, 0.15) is 18.7 Å². The van der Waals surface area contributed by atoms with Gasteiger partial charge < -0.3 is 14.0 Å². The van der Waals surface area contributed by atoms with Crippen molar-refractivity contribution in [2.45, 2.75) is 19.4 Å². The molecule has 6 nitrogen and oxygen atoms in total. The van der Waals surface area contributed by atoms with Gasteiger partial charge in [0, 0.05) is 6.61 Å². The number of rotatable bonds is 4. The average molecular weight is 263 g/mol. The summed E-state index contributed by atoms with van der Waals surface area (Å²) in [5.74, 6) is 2.16. The monoisotopic (exact) mass is 263 g/mol. The molecule has 0 amide bonds. The van der Waals surface area contributed by atoms with Crippen LogP contribution in [-0.4, -0.2) is 39.8 Å². The van der Waals surface area contributed by atoms with E-state index < -0.39 is 0 Å². The van der Waals surface area contributed by atoms with E-state index in [0.29, 0.717) is 29.9 Å². The van der Waals surface area contributed by atoms with E-state index in [2.05, 4.69) is 15.0 Å². The second kappa shape index (κ2) is 5.54. The smallest absolute Gasteiger partial charge is 0.241 e. The lowest BCUT2D eigenvalue weighted by Crippen LogP contribution is -2.34. The van der Waals surface area contributed by atoms with Crippen LogP contribution >= 0.6 is 0 Å². The minimum atomic E-state index is 0.289. The van der Waals surface area contributed by atoms with Crippen LogP contribution in [0.2, 0.25) is 0 Å². The van der Waals surface area contributed by atoms with Crippen molar-refractivity contribution in [3.05, 3.63) is 24.3 Å². The molecule has 6 heteroatoms. The van der Waals surface area contributed by atoms with Crippen molar-refractivity contribution >= 4 is 0 Å². The number of furan rings is 1. The standard InChI is InChI=1S/C13H17N3O3/c17-9-10-3-5-16(6-4-10)8-12-14-13(15-19-12)11-2-1-7-18-11/h1-2,7,10,17H,3-6,8-9H2. The van der Waals surface area contributed by atoms with Gasteiger partial charge in [-0.25, -0.2) is 0 Å². The maximum Gasteiger partial charge on any atom is 0.241 e. The summed E-state index contributed by atoms with van der Waals surface area (Å²) in [5, 5.41) is 13.0. The molecule has 0 bridgehead atoms. The second-order valence-corrected chi connectivity index (χ2v) is 4.89. The minimum Gasteiger partial charge on any atom is -0.461 e. The fourth-order valence-corrected chi connectivity index (χ4v) is 2.34. The van der Waals surface area contributed by atoms with E-state index in [-0.39, 0.29) is 6.61 Å². The molecule has 0 aliphatic carbocycles. The molecular formula is C13H17N3O3. The van der Waals surface area contributed by atoms with Crippen molar-refractivity contribution in [1.82, 2.24) is 15.0 Å². The van der Waals surface area contributed by atoms with Gasteiger partial charge in [-0.15, -0.1) is 0 Å². The Bertz CT molecular complexity index is 501. The van der Waals surface area contributed by atoms with Gasteiger partial charge in [-0.3, -0.25) is 4.90 Å². The van der Waals surface area contributed by atoms with Crippen LogP contribution in [-0.2, 0) is 6.54 Å². The first-order valence-corrected chi connectivity index (χ1v) is 6.55. The van der Waals surface area contributed by atoms with Gasteiger partial charge in [-0.1, -0.05) is 5.16 Å². The van der Waals surface area contributed by atoms with E-state index in [9.17, 15) is 0 Å². The van der Waals surface area contributed by atoms with Gasteiger partial charge in [0.2, 0.25) is 11.7 Å². The summed E-state index contributed by atoms with van der Waals surface area (Å²) in [6, 6.07) is 3.60. The Hall–Kier alpha value is -1.66. The second-order valence-electron chi connectivity index (χ2n) is 4.89. The van der Waals surface area contributed by atoms with Gasteiger partial charge in [-0.2, -0.15) is 4.98 Å². The molecule has 2 aromatic rings. The number of aliphatic hydroxyl groups is 1. The van der Waals surface area contributed by atoms with Crippen molar-refractivity contribution in [1.29, 1.82) is 0 Å². The van der Waals surface area contributed by atoms with Crippen LogP contribution in [0.5, 0.6) is 0 Å². The lowest BCUT2D eigenvalue weighted by molar-refractivity contribution is 0.119. The molecule has 1 aliphatic heterocycles. The molecule has 102 valence electrons. The Balaban J connectivity index is 1.59. The summed E-state index contributed by atoms with van der Waals surface area (Å²) in [6.45, 7) is 2.87. The molecule has 1 saturated heterocycles. The third-order valence-corrected chi connectivity index (χ3v) is 3.53. The van der Waals surface area contributed by atoms with Crippen molar-refractivity contribution in [3.8, 4) is 11.6 Å². The first-order chi connectivity index (χ1) is 9.35. The zero-order valence-corrected chi connectivity index (χ0v) is 10.7. The fraction of sp³-hybridized carbons (Fsp3) is 0.538. The maximum absolute atomic E-state index is 9.11. The predicted molar refractivity (Wildman–Crippen MR) is 67.1 cm³/mol. The van der Waals surface area contributed by atoms with Crippen molar-refractivity contribution in [2.24, 2.45) is 5.92 Å². The first-order valence-electron chi connectivity index (χ1n) is 6.55. The van der Waals surface area contributed by atoms with E-state index in [4.69, 9.17) is 14.0 Å². The molecule has 19 heavy (non-hydrogen) atoms. The highest BCUT2D eigenvalue weighted by atomic mass is 16.5. The molecule has 3 rings (SSSR count). The number of aromatic nitrogens is 2. The highest BCUT2D eigenvalue weighted by Crippen LogP contribution is 2.20. The molecule has 1 N–H and O–H groups in total. The van der Waals surface area contributed by atoms with Gasteiger partial charge in [0.05, 0.1) is 12.8 Å². The molecular weight excluding hydrogens is 246 g/mol. The first kappa shape index (κ1) is 12.4. The molecule has 0 spiro atoms. The molecule has 1 aliphatic rings. The van der Waals surface area contributed by atoms with E-state index in [0.717, 1.165) is 25.9 Å². The van der Waals surface area contributed by atoms with E-state index in [1.54, 1.807) is 18.4 Å². The van der Waals surface area contributed by atoms with Crippen LogP contribution in [0.3, 0.4) is 0 Å². The summed E-state index contributed by atoms with van der Waals surface area (Å²) in [5.41, 5.74) is 0. The number of nitrogens with zero attached hydrogens (tertiary/aromatic N) is 3. The average Bonchev–Trinajstić information content (AvgIpc) is 3.10. The number of piperidine rings is 1. The number of aliphatic hydroxyl groups excluding tert-OH is 1. The van der Waals surface area contributed by atoms with Gasteiger partial charge in [-0.05, 0) is 44.0 Å². The zero-order valence-electron chi connectivity index (χ0n) is 10.7. The van der Waals surface area contributed by atoms with Crippen molar-refractivity contribution in [2.75, 3.05) is 19.7 Å². The topological polar surface area (TPSA) is 75.5 Å². The van der Waals surface area contributed by atoms with E-state index in [1.165, 1.54) is 0 Å². The molecule has 0 aromatic carbocycles. The Morgan fingerprint density at radius 3 is 2.89 bits per heavy atom. The number of likely N-dealkylation sites (tertiary alicyclic amines) is 1. The third-order valence-electron chi connectivity index (χ3n) is 3.53. The molecule has 0 unspecified atom stereocenters. The van der Waals surface area contributed by atoms with Crippen LogP contribution in [0.15, 0.2) is 27.3 Å². The third kappa shape index (κ3) is 2.85. The molecule has 3 heterocycles. The Morgan fingerprint density at radius 2 is 2.21 bits per heavy atom. The van der Waals surface area contributed by atoms with Crippen molar-refractivity contribution < 1.29 is 14.0 Å². The highest BCUT2D eigenvalue weighted by Gasteiger charge is 2.20. The quantitative estimate of drug-likeness (QED) is 0.901. The van der Waals surface area contributed by atoms with E-state index >= 15 is 0 Å². The van der Waals surface area contributed by atoms with Crippen LogP contribution in [0.4, 0.5) is 0 Å². The zero-order chi connectivity index (χ0) is 13.1. The molecule has 1 fully saturated rings. The van der Waals surface area contributed by atoms with Crippen LogP contribution in [0.25, 0.3) is 11.6 Å². The highest BCUT2D eigenvalue weighted by molar-refractivity contribution is 5.44. The molecule has 0 atom stereocenters. The van der Waals surface area contributed by atoms with Gasteiger partial charge >= 0.3 is 0 Å². The molecule has 0 saturated carbocycles. The van der Waals surface area contributed by atoms with Gasteiger partial charge in [0.15, 0.2) is 5.76 Å². The number of hydrogen-bond donors (Lipinski definition) is 1. The fourth-order valence-electron chi connectivity index (χ4n) is 2.34. The van der Waals surface area contributed by atoms with Crippen molar-refractivity contribution in [3.63, 3.8) is 0 Å². The molecule has 2 aromatic heterocycles. The van der Waals surface area contributed by atoms with E-state index in [1.807, 2.05) is 0 Å². The minimum absolute atomic E-state index is 0.289. The molecule has 0 radical (unpaired) electrons. The summed E-state index contributed by atoms with van der Waals surface area (Å²) in [4.78, 5) is 6.59. The van der Waals surface area contributed by atoms with Crippen LogP contribution in [0, 0.1) is 5.92 Å². The van der Waals surface area contributed by atoms with Gasteiger partial charge in [0.25, 0.3) is 0 Å². The normalized spacial score (nSPS) is 17.9. The summed E-state index contributed by atoms with van der Waals surface area (Å²) >= 11 is 0. The Kier molecular flexibility index (Phi) is 3.61. The number of hydrogen-bond acceptors (Lipinski definition) is 6. The lowest BCUT2D eigenvalue weighted by atomic mass is 9.98. The summed E-state index contributed by atoms with van der Waals surface area (Å²) in [7, 11) is 0. The van der Waals surface area contributed by atoms with Gasteiger partial charge in [0.1, 0.15) is 0 Å². The predicted octanol–water partition coefficient (Wildman–Crippen LogP) is 1.53. The van der Waals surface area contributed by atoms with Crippen LogP contribution < -0.4 is 0 Å². The lowest BCUT2D eigenvalue weighted by Gasteiger charge is -2.29. The Morgan fingerprint density at radius 1 is 1.37 bits per heavy atom. The summed E-state index contributed by atoms with van der Waals surface area (Å²) in [6.07, 6.45) is 3.64. The largest absolute Gasteiger partial charge is 0.461 e. The Labute approximate surface area is 111 Å². The SMILES string of the molecule is OCC1CCN(Cc2nc(-c3ccco3)no2)CC1. The maximum atomic E-state index is 9.11. The summed E-state index contributed by atoms with van der Waals surface area (Å²) < 4.78 is 10.5.